The summed E-state index contributed by atoms with van der Waals surface area (Å²) in [5.41, 5.74) is 12.6. The van der Waals surface area contributed by atoms with E-state index in [1.165, 1.54) is 51.9 Å². The van der Waals surface area contributed by atoms with Crippen LogP contribution in [0, 0.1) is 0 Å². The Hall–Kier alpha value is -11.6. The van der Waals surface area contributed by atoms with Crippen LogP contribution in [0.25, 0.3) is 133 Å². The highest BCUT2D eigenvalue weighted by molar-refractivity contribution is 8.34. The zero-order valence-corrected chi connectivity index (χ0v) is 49.0. The molecule has 0 aliphatic heterocycles. The molecule has 18 rings (SSSR count). The predicted molar refractivity (Wildman–Crippen MR) is 368 cm³/mol. The van der Waals surface area contributed by atoms with E-state index in [2.05, 4.69) is 340 Å². The Morgan fingerprint density at radius 3 is 0.865 bits per heavy atom. The van der Waals surface area contributed by atoms with Gasteiger partial charge in [0.05, 0.1) is 49.8 Å². The Labute approximate surface area is 514 Å². The maximum Gasteiger partial charge on any atom is 0.237 e. The number of aromatic nitrogens is 7. The van der Waals surface area contributed by atoms with Crippen LogP contribution >= 0.6 is 10.0 Å². The smallest absolute Gasteiger partial charge is 0.237 e. The highest BCUT2D eigenvalue weighted by atomic mass is 32.3. The van der Waals surface area contributed by atoms with Crippen LogP contribution in [0.5, 0.6) is 0 Å². The average Bonchev–Trinajstić information content (AvgIpc) is 1.86. The van der Waals surface area contributed by atoms with Crippen molar-refractivity contribution in [3.63, 3.8) is 0 Å². The molecule has 89 heavy (non-hydrogen) atoms. The molecule has 18 aromatic rings. The fourth-order valence-corrected chi connectivity index (χ4v) is 18.0. The SMILES string of the molecule is c1ccc(S(c2ccccc2)(c2cccc(-c3cc(-n4c5ccccc5c5ccccc54)nc(-n4c5ccccc5c5ccccc54)c3)c2)c2cccc(-c3cc(-n4c5ccccc5c5ccccc54)nc(-n4c5ccccc5c5ccccc54)n3)c2)cc1. The van der Waals surface area contributed by atoms with Crippen LogP contribution in [0.3, 0.4) is 0 Å². The maximum absolute atomic E-state index is 5.72. The van der Waals surface area contributed by atoms with Crippen molar-refractivity contribution in [1.82, 2.24) is 33.2 Å². The van der Waals surface area contributed by atoms with Crippen molar-refractivity contribution < 1.29 is 0 Å². The summed E-state index contributed by atoms with van der Waals surface area (Å²) in [7, 11) is -2.30. The second-order valence-corrected chi connectivity index (χ2v) is 25.9. The Balaban J connectivity index is 0.885. The number of hydrogen-bond acceptors (Lipinski definition) is 3. The van der Waals surface area contributed by atoms with Gasteiger partial charge in [-0.05, 0) is 120 Å². The van der Waals surface area contributed by atoms with Gasteiger partial charge in [0.1, 0.15) is 17.5 Å². The zero-order valence-electron chi connectivity index (χ0n) is 48.1. The average molecular weight is 1160 g/mol. The molecule has 0 aliphatic rings. The summed E-state index contributed by atoms with van der Waals surface area (Å²) in [5.74, 6) is 3.05. The van der Waals surface area contributed by atoms with E-state index in [9.17, 15) is 0 Å². The highest BCUT2D eigenvalue weighted by Gasteiger charge is 2.34. The quantitative estimate of drug-likeness (QED) is 0.137. The molecule has 0 atom stereocenters. The van der Waals surface area contributed by atoms with E-state index in [1.54, 1.807) is 0 Å². The van der Waals surface area contributed by atoms with Gasteiger partial charge in [-0.25, -0.2) is 9.97 Å². The molecule has 8 heteroatoms. The van der Waals surface area contributed by atoms with Crippen molar-refractivity contribution >= 4 is 97.3 Å². The first-order chi connectivity index (χ1) is 44.2. The van der Waals surface area contributed by atoms with Gasteiger partial charge in [-0.1, -0.05) is 206 Å². The second kappa shape index (κ2) is 20.3. The standard InChI is InChI=1S/C81H53N7S/c1-3-27-57(28-4-1)89(58-29-5-2-6-30-58,59-31-23-25-54(49-59)56-51-78(85-70-41-15-7-33-61(70)62-34-8-16-42-71(62)85)83-79(52-56)86-72-43-17-9-35-63(72)64-36-10-18-44-73(64)86)60-32-24-26-55(50-60)69-53-80(87-74-45-19-11-37-65(74)66-38-12-20-46-75(66)87)84-81(82-69)88-76-47-21-13-39-67(76)68-40-14-22-48-77(68)88/h1-53H. The van der Waals surface area contributed by atoms with Crippen LogP contribution in [-0.4, -0.2) is 33.2 Å². The first-order valence-electron chi connectivity index (χ1n) is 30.2. The predicted octanol–water partition coefficient (Wildman–Crippen LogP) is 20.9. The van der Waals surface area contributed by atoms with E-state index < -0.39 is 10.0 Å². The molecule has 6 heterocycles. The molecule has 0 aliphatic carbocycles. The van der Waals surface area contributed by atoms with E-state index in [1.807, 2.05) is 0 Å². The molecule has 0 amide bonds. The third kappa shape index (κ3) is 7.84. The van der Waals surface area contributed by atoms with Crippen LogP contribution in [0.4, 0.5) is 0 Å². The Morgan fingerprint density at radius 1 is 0.202 bits per heavy atom. The number of benzene rings is 12. The number of rotatable bonds is 10. The number of hydrogen-bond donors (Lipinski definition) is 0. The second-order valence-electron chi connectivity index (χ2n) is 22.8. The van der Waals surface area contributed by atoms with Crippen molar-refractivity contribution in [2.24, 2.45) is 0 Å². The third-order valence-corrected chi connectivity index (χ3v) is 21.8. The molecule has 7 nitrogen and oxygen atoms in total. The van der Waals surface area contributed by atoms with Gasteiger partial charge in [0, 0.05) is 74.3 Å². The fourth-order valence-electron chi connectivity index (χ4n) is 14.1. The van der Waals surface area contributed by atoms with Gasteiger partial charge < -0.3 is 0 Å². The van der Waals surface area contributed by atoms with Crippen molar-refractivity contribution in [2.75, 3.05) is 0 Å². The molecule has 0 radical (unpaired) electrons. The first kappa shape index (κ1) is 50.7. The van der Waals surface area contributed by atoms with Crippen molar-refractivity contribution in [3.05, 3.63) is 322 Å². The molecular formula is C81H53N7S. The van der Waals surface area contributed by atoms with E-state index in [-0.39, 0.29) is 0 Å². The molecule has 6 aromatic heterocycles. The molecule has 0 bridgehead atoms. The van der Waals surface area contributed by atoms with Gasteiger partial charge >= 0.3 is 0 Å². The van der Waals surface area contributed by atoms with Crippen LogP contribution in [-0.2, 0) is 0 Å². The lowest BCUT2D eigenvalue weighted by Gasteiger charge is -2.42. The maximum atomic E-state index is 5.72. The molecule has 12 aromatic carbocycles. The van der Waals surface area contributed by atoms with E-state index >= 15 is 0 Å². The summed E-state index contributed by atoms with van der Waals surface area (Å²) < 4.78 is 9.24. The molecule has 0 N–H and O–H groups in total. The summed E-state index contributed by atoms with van der Waals surface area (Å²) in [6.45, 7) is 0. The normalized spacial score (nSPS) is 12.2. The van der Waals surface area contributed by atoms with Gasteiger partial charge in [-0.2, -0.15) is 4.98 Å². The van der Waals surface area contributed by atoms with E-state index in [0.29, 0.717) is 5.95 Å². The van der Waals surface area contributed by atoms with Gasteiger partial charge in [-0.15, -0.1) is 10.0 Å². The summed E-state index contributed by atoms with van der Waals surface area (Å²) in [6.07, 6.45) is 0. The lowest BCUT2D eigenvalue weighted by molar-refractivity contribution is 0.952. The minimum absolute atomic E-state index is 0.595. The largest absolute Gasteiger partial charge is 0.294 e. The van der Waals surface area contributed by atoms with Gasteiger partial charge in [-0.3, -0.25) is 18.3 Å². The number of fused-ring (bicyclic) bond motifs is 12. The first-order valence-corrected chi connectivity index (χ1v) is 31.8. The Kier molecular flexibility index (Phi) is 11.6. The number of pyridine rings is 1. The van der Waals surface area contributed by atoms with Crippen LogP contribution in [0.15, 0.2) is 341 Å². The number of para-hydroxylation sites is 8. The van der Waals surface area contributed by atoms with Crippen molar-refractivity contribution in [2.45, 2.75) is 19.6 Å². The summed E-state index contributed by atoms with van der Waals surface area (Å²) in [4.78, 5) is 21.8. The van der Waals surface area contributed by atoms with Crippen molar-refractivity contribution in [3.8, 4) is 45.8 Å². The monoisotopic (exact) mass is 1160 g/mol. The molecule has 0 unspecified atom stereocenters. The van der Waals surface area contributed by atoms with E-state index in [0.717, 1.165) is 94.7 Å². The molecular weight excluding hydrogens is 1100 g/mol. The summed E-state index contributed by atoms with van der Waals surface area (Å²) >= 11 is 0. The van der Waals surface area contributed by atoms with Gasteiger partial charge in [0.25, 0.3) is 0 Å². The molecule has 0 fully saturated rings. The third-order valence-electron chi connectivity index (χ3n) is 17.9. The molecule has 0 saturated heterocycles. The summed E-state index contributed by atoms with van der Waals surface area (Å²) in [6, 6.07) is 117. The zero-order chi connectivity index (χ0) is 58.6. The molecule has 0 saturated carbocycles. The Morgan fingerprint density at radius 2 is 0.494 bits per heavy atom. The fraction of sp³-hybridized carbons (Fsp3) is 0. The van der Waals surface area contributed by atoms with Crippen LogP contribution in [0.2, 0.25) is 0 Å². The van der Waals surface area contributed by atoms with Crippen LogP contribution < -0.4 is 0 Å². The summed E-state index contributed by atoms with van der Waals surface area (Å²) in [5, 5.41) is 9.38. The van der Waals surface area contributed by atoms with E-state index in [4.69, 9.17) is 15.0 Å². The minimum atomic E-state index is -2.30. The molecule has 0 spiro atoms. The Bertz CT molecular complexity index is 5000. The molecule has 418 valence electrons. The van der Waals surface area contributed by atoms with Gasteiger partial charge in [0.2, 0.25) is 5.95 Å². The number of nitrogens with zero attached hydrogens (tertiary/aromatic N) is 7. The van der Waals surface area contributed by atoms with Crippen LogP contribution in [0.1, 0.15) is 0 Å². The minimum Gasteiger partial charge on any atom is -0.294 e. The topological polar surface area (TPSA) is 58.4 Å². The lowest BCUT2D eigenvalue weighted by Crippen LogP contribution is -2.08. The lowest BCUT2D eigenvalue weighted by atomic mass is 10.1. The van der Waals surface area contributed by atoms with Crippen molar-refractivity contribution in [1.29, 1.82) is 0 Å². The highest BCUT2D eigenvalue weighted by Crippen LogP contribution is 2.74. The van der Waals surface area contributed by atoms with Gasteiger partial charge in [0.15, 0.2) is 0 Å².